The lowest BCUT2D eigenvalue weighted by Gasteiger charge is -2.15. The molecule has 1 unspecified atom stereocenters. The minimum Gasteiger partial charge on any atom is -0.321 e. The van der Waals surface area contributed by atoms with Crippen LogP contribution in [0, 0.1) is 0 Å². The lowest BCUT2D eigenvalue weighted by atomic mass is 10.0. The molecule has 0 spiro atoms. The van der Waals surface area contributed by atoms with Gasteiger partial charge in [-0.3, -0.25) is 4.79 Å². The van der Waals surface area contributed by atoms with E-state index in [1.165, 1.54) is 12.1 Å². The molecule has 2 rings (SSSR count). The maximum atomic E-state index is 12.7. The first-order valence-corrected chi connectivity index (χ1v) is 10.8. The van der Waals surface area contributed by atoms with E-state index in [9.17, 15) is 13.2 Å². The van der Waals surface area contributed by atoms with Gasteiger partial charge in [-0.15, -0.1) is 0 Å². The average Bonchev–Trinajstić information content (AvgIpc) is 2.67. The summed E-state index contributed by atoms with van der Waals surface area (Å²) in [6.45, 7) is 7.83. The summed E-state index contributed by atoms with van der Waals surface area (Å²) in [7, 11) is -3.58. The van der Waals surface area contributed by atoms with Crippen LogP contribution in [0.1, 0.15) is 55.6 Å². The molecule has 0 bridgehead atoms. The van der Waals surface area contributed by atoms with Crippen LogP contribution >= 0.6 is 0 Å². The predicted molar refractivity (Wildman–Crippen MR) is 110 cm³/mol. The van der Waals surface area contributed by atoms with Crippen LogP contribution in [0.25, 0.3) is 0 Å². The molecule has 0 aliphatic carbocycles. The summed E-state index contributed by atoms with van der Waals surface area (Å²) in [5.41, 5.74) is 3.44. The van der Waals surface area contributed by atoms with Gasteiger partial charge in [-0.2, -0.15) is 0 Å². The van der Waals surface area contributed by atoms with Gasteiger partial charge < -0.3 is 5.32 Å². The summed E-state index contributed by atoms with van der Waals surface area (Å²) in [5, 5.41) is 2.99. The monoisotopic (exact) mass is 388 g/mol. The van der Waals surface area contributed by atoms with Crippen LogP contribution in [0.3, 0.4) is 0 Å². The van der Waals surface area contributed by atoms with E-state index >= 15 is 0 Å². The Balaban J connectivity index is 2.22. The quantitative estimate of drug-likeness (QED) is 0.714. The van der Waals surface area contributed by atoms with E-state index < -0.39 is 10.0 Å². The van der Waals surface area contributed by atoms with Crippen molar-refractivity contribution in [2.45, 2.75) is 57.9 Å². The Morgan fingerprint density at radius 3 is 2.00 bits per heavy atom. The number of nitrogens with one attached hydrogen (secondary N) is 2. The van der Waals surface area contributed by atoms with E-state index in [2.05, 4.69) is 10.0 Å². The average molecular weight is 389 g/mol. The molecule has 2 aromatic carbocycles. The summed E-state index contributed by atoms with van der Waals surface area (Å²) in [6, 6.07) is 11.9. The molecular weight excluding hydrogens is 360 g/mol. The molecule has 0 radical (unpaired) electrons. The highest BCUT2D eigenvalue weighted by atomic mass is 32.2. The molecule has 0 aliphatic heterocycles. The summed E-state index contributed by atoms with van der Waals surface area (Å²) >= 11 is 0. The zero-order valence-corrected chi connectivity index (χ0v) is 17.2. The van der Waals surface area contributed by atoms with Crippen molar-refractivity contribution >= 4 is 21.6 Å². The van der Waals surface area contributed by atoms with Gasteiger partial charge in [-0.1, -0.05) is 39.0 Å². The summed E-state index contributed by atoms with van der Waals surface area (Å²) in [5.74, 6) is -0.246. The number of aryl methyl sites for hydroxylation is 2. The normalized spacial score (nSPS) is 12.6. The van der Waals surface area contributed by atoms with Crippen LogP contribution < -0.4 is 10.0 Å². The van der Waals surface area contributed by atoms with Crippen molar-refractivity contribution in [3.8, 4) is 0 Å². The van der Waals surface area contributed by atoms with Gasteiger partial charge in [0.05, 0.1) is 4.90 Å². The Kier molecular flexibility index (Phi) is 7.16. The highest BCUT2D eigenvalue weighted by Crippen LogP contribution is 2.23. The third kappa shape index (κ3) is 5.17. The van der Waals surface area contributed by atoms with Gasteiger partial charge in [-0.05, 0) is 61.6 Å². The second-order valence-electron chi connectivity index (χ2n) is 6.57. The Bertz CT molecular complexity index is 868. The predicted octanol–water partition coefficient (Wildman–Crippen LogP) is 4.14. The first-order chi connectivity index (χ1) is 12.8. The molecule has 1 atom stereocenters. The van der Waals surface area contributed by atoms with Gasteiger partial charge in [-0.25, -0.2) is 13.1 Å². The molecule has 0 heterocycles. The Hall–Kier alpha value is -2.18. The number of rotatable bonds is 8. The van der Waals surface area contributed by atoms with Crippen molar-refractivity contribution in [2.24, 2.45) is 0 Å². The molecule has 5 nitrogen and oxygen atoms in total. The highest BCUT2D eigenvalue weighted by Gasteiger charge is 2.18. The minimum atomic E-state index is -3.58. The molecule has 0 saturated heterocycles. The zero-order valence-electron chi connectivity index (χ0n) is 16.4. The highest BCUT2D eigenvalue weighted by molar-refractivity contribution is 7.89. The first kappa shape index (κ1) is 21.1. The molecule has 146 valence electrons. The third-order valence-electron chi connectivity index (χ3n) is 4.63. The number of para-hydroxylation sites is 1. The zero-order chi connectivity index (χ0) is 20.0. The number of hydrogen-bond donors (Lipinski definition) is 2. The van der Waals surface area contributed by atoms with Crippen LogP contribution in [0.15, 0.2) is 47.4 Å². The summed E-state index contributed by atoms with van der Waals surface area (Å²) in [4.78, 5) is 12.8. The van der Waals surface area contributed by atoms with E-state index in [-0.39, 0.29) is 16.8 Å². The largest absolute Gasteiger partial charge is 0.321 e. The topological polar surface area (TPSA) is 75.3 Å². The lowest BCUT2D eigenvalue weighted by molar-refractivity contribution is 0.102. The molecule has 0 fully saturated rings. The van der Waals surface area contributed by atoms with E-state index in [0.717, 1.165) is 29.7 Å². The molecule has 0 aromatic heterocycles. The van der Waals surface area contributed by atoms with Crippen LogP contribution in [0.5, 0.6) is 0 Å². The van der Waals surface area contributed by atoms with E-state index in [1.54, 1.807) is 12.1 Å². The number of anilines is 1. The molecule has 0 saturated carbocycles. The molecular formula is C21H28N2O3S. The number of amides is 1. The van der Waals surface area contributed by atoms with Gasteiger partial charge >= 0.3 is 0 Å². The second-order valence-corrected chi connectivity index (χ2v) is 8.28. The van der Waals surface area contributed by atoms with Crippen LogP contribution in [0.4, 0.5) is 5.69 Å². The van der Waals surface area contributed by atoms with Gasteiger partial charge in [0.15, 0.2) is 0 Å². The number of sulfonamides is 1. The first-order valence-electron chi connectivity index (χ1n) is 9.36. The van der Waals surface area contributed by atoms with Crippen molar-refractivity contribution in [3.63, 3.8) is 0 Å². The number of hydrogen-bond acceptors (Lipinski definition) is 3. The van der Waals surface area contributed by atoms with E-state index in [1.807, 2.05) is 45.9 Å². The fourth-order valence-corrected chi connectivity index (χ4v) is 4.12. The maximum Gasteiger partial charge on any atom is 0.255 e. The second kappa shape index (κ2) is 9.15. The van der Waals surface area contributed by atoms with E-state index in [0.29, 0.717) is 12.0 Å². The number of carbonyl (C=O) groups excluding carboxylic acids is 1. The molecule has 6 heteroatoms. The van der Waals surface area contributed by atoms with Crippen molar-refractivity contribution in [3.05, 3.63) is 59.2 Å². The van der Waals surface area contributed by atoms with Crippen LogP contribution in [-0.4, -0.2) is 20.4 Å². The Morgan fingerprint density at radius 2 is 1.52 bits per heavy atom. The molecule has 1 amide bonds. The van der Waals surface area contributed by atoms with Crippen molar-refractivity contribution in [2.75, 3.05) is 5.32 Å². The van der Waals surface area contributed by atoms with Crippen molar-refractivity contribution in [1.29, 1.82) is 0 Å². The summed E-state index contributed by atoms with van der Waals surface area (Å²) < 4.78 is 27.3. The van der Waals surface area contributed by atoms with Crippen molar-refractivity contribution < 1.29 is 13.2 Å². The minimum absolute atomic E-state index is 0.143. The Morgan fingerprint density at radius 1 is 0.963 bits per heavy atom. The van der Waals surface area contributed by atoms with Gasteiger partial charge in [0.2, 0.25) is 10.0 Å². The fourth-order valence-electron chi connectivity index (χ4n) is 2.79. The molecule has 2 N–H and O–H groups in total. The molecule has 27 heavy (non-hydrogen) atoms. The van der Waals surface area contributed by atoms with Crippen LogP contribution in [-0.2, 0) is 22.9 Å². The van der Waals surface area contributed by atoms with Gasteiger partial charge in [0, 0.05) is 17.3 Å². The third-order valence-corrected chi connectivity index (χ3v) is 6.24. The summed E-state index contributed by atoms with van der Waals surface area (Å²) in [6.07, 6.45) is 2.35. The standard InChI is InChI=1S/C21H28N2O3S/c1-5-15(4)23-27(25,26)19-13-11-18(12-14-19)21(24)22-20-16(6-2)9-8-10-17(20)7-3/h8-15,23H,5-7H2,1-4H3,(H,22,24). The van der Waals surface area contributed by atoms with E-state index in [4.69, 9.17) is 0 Å². The smallest absolute Gasteiger partial charge is 0.255 e. The van der Waals surface area contributed by atoms with Gasteiger partial charge in [0.1, 0.15) is 0 Å². The van der Waals surface area contributed by atoms with Gasteiger partial charge in [0.25, 0.3) is 5.91 Å². The molecule has 2 aromatic rings. The molecule has 0 aliphatic rings. The van der Waals surface area contributed by atoms with Crippen molar-refractivity contribution in [1.82, 2.24) is 4.72 Å². The SMILES string of the molecule is CCc1cccc(CC)c1NC(=O)c1ccc(S(=O)(=O)NC(C)CC)cc1. The number of benzene rings is 2. The Labute approximate surface area is 162 Å². The van der Waals surface area contributed by atoms with Crippen LogP contribution in [0.2, 0.25) is 0 Å². The fraction of sp³-hybridized carbons (Fsp3) is 0.381. The lowest BCUT2D eigenvalue weighted by Crippen LogP contribution is -2.32. The number of carbonyl (C=O) groups is 1. The maximum absolute atomic E-state index is 12.7.